The van der Waals surface area contributed by atoms with Crippen molar-refractivity contribution in [2.75, 3.05) is 13.7 Å². The van der Waals surface area contributed by atoms with Gasteiger partial charge in [0.15, 0.2) is 0 Å². The van der Waals surface area contributed by atoms with Crippen LogP contribution in [0.1, 0.15) is 28.2 Å². The van der Waals surface area contributed by atoms with Crippen LogP contribution < -0.4 is 0 Å². The molecule has 2 aromatic rings. The van der Waals surface area contributed by atoms with Crippen molar-refractivity contribution in [2.45, 2.75) is 11.5 Å². The van der Waals surface area contributed by atoms with Crippen molar-refractivity contribution < 1.29 is 19.7 Å². The molecule has 0 saturated carbocycles. The van der Waals surface area contributed by atoms with Crippen molar-refractivity contribution >= 4 is 5.97 Å². The highest BCUT2D eigenvalue weighted by Crippen LogP contribution is 2.60. The van der Waals surface area contributed by atoms with E-state index in [1.807, 2.05) is 48.5 Å². The monoisotopic (exact) mass is 310 g/mol. The lowest BCUT2D eigenvalue weighted by molar-refractivity contribution is -0.157. The summed E-state index contributed by atoms with van der Waals surface area (Å²) in [6.07, 6.45) is 0. The third kappa shape index (κ3) is 1.65. The number of esters is 1. The Bertz CT molecular complexity index is 735. The molecular weight excluding hydrogens is 292 g/mol. The molecule has 0 heterocycles. The zero-order chi connectivity index (χ0) is 16.2. The summed E-state index contributed by atoms with van der Waals surface area (Å²) in [6, 6.07) is 15.2. The number of fused-ring (bicyclic) bond motifs is 1. The fourth-order valence-electron chi connectivity index (χ4n) is 4.50. The lowest BCUT2D eigenvalue weighted by Gasteiger charge is -2.53. The van der Waals surface area contributed by atoms with Crippen LogP contribution in [0.15, 0.2) is 48.5 Å². The van der Waals surface area contributed by atoms with Gasteiger partial charge in [-0.25, -0.2) is 0 Å². The number of hydrogen-bond donors (Lipinski definition) is 2. The summed E-state index contributed by atoms with van der Waals surface area (Å²) in [5.41, 5.74) is 2.06. The van der Waals surface area contributed by atoms with Gasteiger partial charge >= 0.3 is 5.97 Å². The van der Waals surface area contributed by atoms with Gasteiger partial charge in [-0.15, -0.1) is 0 Å². The molecule has 2 atom stereocenters. The molecule has 4 heteroatoms. The molecule has 0 aliphatic heterocycles. The summed E-state index contributed by atoms with van der Waals surface area (Å²) in [6.45, 7) is -0.282. The zero-order valence-electron chi connectivity index (χ0n) is 12.8. The molecule has 0 aromatic heterocycles. The highest BCUT2D eigenvalue weighted by Gasteiger charge is 2.60. The van der Waals surface area contributed by atoms with Gasteiger partial charge in [-0.1, -0.05) is 48.5 Å². The average molecular weight is 310 g/mol. The zero-order valence-corrected chi connectivity index (χ0v) is 12.8. The Balaban J connectivity index is 2.07. The Morgan fingerprint density at radius 3 is 2.09 bits per heavy atom. The summed E-state index contributed by atoms with van der Waals surface area (Å²) in [4.78, 5) is 12.4. The van der Waals surface area contributed by atoms with E-state index in [1.54, 1.807) is 0 Å². The Morgan fingerprint density at radius 1 is 1.09 bits per heavy atom. The number of rotatable bonds is 2. The molecule has 23 heavy (non-hydrogen) atoms. The number of ether oxygens (including phenoxy) is 1. The predicted octanol–water partition coefficient (Wildman–Crippen LogP) is 1.78. The van der Waals surface area contributed by atoms with E-state index in [1.165, 1.54) is 7.11 Å². The van der Waals surface area contributed by atoms with Crippen molar-refractivity contribution in [3.05, 3.63) is 70.8 Å². The van der Waals surface area contributed by atoms with Crippen LogP contribution in [0.4, 0.5) is 0 Å². The number of benzene rings is 2. The van der Waals surface area contributed by atoms with Gasteiger partial charge in [0.25, 0.3) is 0 Å². The van der Waals surface area contributed by atoms with E-state index in [9.17, 15) is 15.0 Å². The minimum Gasteiger partial charge on any atom is -0.469 e. The second kappa shape index (κ2) is 4.91. The van der Waals surface area contributed by atoms with Crippen LogP contribution in [0, 0.1) is 11.8 Å². The van der Waals surface area contributed by atoms with Gasteiger partial charge in [0.2, 0.25) is 0 Å². The summed E-state index contributed by atoms with van der Waals surface area (Å²) in [5.74, 6) is -1.82. The van der Waals surface area contributed by atoms with E-state index in [-0.39, 0.29) is 12.5 Å². The molecule has 2 bridgehead atoms. The fourth-order valence-corrected chi connectivity index (χ4v) is 4.50. The van der Waals surface area contributed by atoms with E-state index in [2.05, 4.69) is 0 Å². The molecule has 2 N–H and O–H groups in total. The van der Waals surface area contributed by atoms with Gasteiger partial charge in [0.1, 0.15) is 5.60 Å². The molecule has 0 spiro atoms. The Hall–Kier alpha value is -2.17. The van der Waals surface area contributed by atoms with Crippen LogP contribution in [-0.2, 0) is 15.1 Å². The number of carbonyl (C=O) groups is 1. The number of aliphatic hydroxyl groups excluding tert-OH is 1. The second-order valence-electron chi connectivity index (χ2n) is 6.26. The first-order valence-electron chi connectivity index (χ1n) is 7.74. The minimum absolute atomic E-state index is 0.207. The maximum atomic E-state index is 12.4. The van der Waals surface area contributed by atoms with Crippen molar-refractivity contribution in [1.29, 1.82) is 0 Å². The lowest BCUT2D eigenvalue weighted by atomic mass is 9.52. The van der Waals surface area contributed by atoms with Crippen LogP contribution in [0.25, 0.3) is 0 Å². The predicted molar refractivity (Wildman–Crippen MR) is 83.8 cm³/mol. The van der Waals surface area contributed by atoms with Crippen LogP contribution in [0.3, 0.4) is 0 Å². The lowest BCUT2D eigenvalue weighted by Crippen LogP contribution is -2.55. The van der Waals surface area contributed by atoms with Crippen LogP contribution in [0.2, 0.25) is 0 Å². The van der Waals surface area contributed by atoms with Crippen molar-refractivity contribution in [2.24, 2.45) is 11.8 Å². The SMILES string of the molecule is COC(=O)C1C2c3ccccc3C(O)(c3ccccc32)C1CO. The number of hydrogen-bond acceptors (Lipinski definition) is 4. The van der Waals surface area contributed by atoms with Crippen LogP contribution >= 0.6 is 0 Å². The smallest absolute Gasteiger partial charge is 0.310 e. The molecule has 5 rings (SSSR count). The maximum absolute atomic E-state index is 12.4. The van der Waals surface area contributed by atoms with Gasteiger partial charge in [0, 0.05) is 11.8 Å². The van der Waals surface area contributed by atoms with Crippen LogP contribution in [0.5, 0.6) is 0 Å². The van der Waals surface area contributed by atoms with Gasteiger partial charge in [-0.2, -0.15) is 0 Å². The van der Waals surface area contributed by atoms with Gasteiger partial charge in [-0.05, 0) is 22.3 Å². The van der Waals surface area contributed by atoms with Gasteiger partial charge < -0.3 is 14.9 Å². The molecule has 0 radical (unpaired) electrons. The Morgan fingerprint density at radius 2 is 1.61 bits per heavy atom. The summed E-state index contributed by atoms with van der Waals surface area (Å²) in [7, 11) is 1.35. The van der Waals surface area contributed by atoms with E-state index in [0.29, 0.717) is 0 Å². The quantitative estimate of drug-likeness (QED) is 0.830. The largest absolute Gasteiger partial charge is 0.469 e. The first-order valence-corrected chi connectivity index (χ1v) is 7.74. The molecule has 4 nitrogen and oxygen atoms in total. The third-order valence-corrected chi connectivity index (χ3v) is 5.41. The highest BCUT2D eigenvalue weighted by molar-refractivity contribution is 5.78. The number of methoxy groups -OCH3 is 1. The summed E-state index contributed by atoms with van der Waals surface area (Å²) in [5, 5.41) is 21.6. The topological polar surface area (TPSA) is 66.8 Å². The standard InChI is InChI=1S/C19H18O4/c1-23-18(21)17-15(10-20)19(22)13-8-4-2-6-11(13)16(17)12-7-3-5-9-14(12)19/h2-9,15-17,20,22H,10H2,1H3. The Kier molecular flexibility index (Phi) is 3.08. The minimum atomic E-state index is -1.38. The summed E-state index contributed by atoms with van der Waals surface area (Å²) < 4.78 is 4.99. The highest BCUT2D eigenvalue weighted by atomic mass is 16.5. The molecule has 0 saturated heterocycles. The molecule has 3 aliphatic rings. The molecule has 2 aromatic carbocycles. The Labute approximate surface area is 134 Å². The maximum Gasteiger partial charge on any atom is 0.310 e. The average Bonchev–Trinajstić information content (AvgIpc) is 2.61. The van der Waals surface area contributed by atoms with E-state index in [0.717, 1.165) is 22.3 Å². The van der Waals surface area contributed by atoms with Gasteiger partial charge in [0.05, 0.1) is 19.6 Å². The third-order valence-electron chi connectivity index (χ3n) is 5.41. The molecule has 0 fully saturated rings. The van der Waals surface area contributed by atoms with Crippen molar-refractivity contribution in [1.82, 2.24) is 0 Å². The van der Waals surface area contributed by atoms with Crippen molar-refractivity contribution in [3.8, 4) is 0 Å². The normalized spacial score (nSPS) is 30.5. The van der Waals surface area contributed by atoms with Crippen molar-refractivity contribution in [3.63, 3.8) is 0 Å². The van der Waals surface area contributed by atoms with E-state index < -0.39 is 23.4 Å². The van der Waals surface area contributed by atoms with E-state index >= 15 is 0 Å². The first kappa shape index (κ1) is 14.4. The first-order chi connectivity index (χ1) is 11.1. The molecular formula is C19H18O4. The fraction of sp³-hybridized carbons (Fsp3) is 0.316. The number of aliphatic hydroxyl groups is 2. The molecule has 2 unspecified atom stereocenters. The molecule has 0 amide bonds. The molecule has 118 valence electrons. The van der Waals surface area contributed by atoms with Gasteiger partial charge in [-0.3, -0.25) is 4.79 Å². The molecule has 3 aliphatic carbocycles. The second-order valence-corrected chi connectivity index (χ2v) is 6.26. The van der Waals surface area contributed by atoms with Crippen LogP contribution in [-0.4, -0.2) is 29.9 Å². The summed E-state index contributed by atoms with van der Waals surface area (Å²) >= 11 is 0. The van der Waals surface area contributed by atoms with E-state index in [4.69, 9.17) is 4.74 Å². The number of carbonyl (C=O) groups excluding carboxylic acids is 1.